The normalized spacial score (nSPS) is 11.6. The minimum atomic E-state index is -1.55. The molecule has 0 atom stereocenters. The largest absolute Gasteiger partial charge is 0.508 e. The standard InChI is InChI=1S/C14H18O5/c1-14(2,3)9-4-5-11(15)8(6-9)7-10(12(16)17)13(18)19/h4-6,10,15H,7H2,1-3H3,(H,16,17)(H,18,19). The molecule has 0 saturated carbocycles. The molecule has 0 radical (unpaired) electrons. The molecule has 19 heavy (non-hydrogen) atoms. The molecule has 0 amide bonds. The maximum absolute atomic E-state index is 10.9. The number of carboxylic acids is 2. The molecule has 5 heteroatoms. The quantitative estimate of drug-likeness (QED) is 0.725. The SMILES string of the molecule is CC(C)(C)c1ccc(O)c(CC(C(=O)O)C(=O)O)c1. The molecule has 104 valence electrons. The number of aliphatic carboxylic acids is 2. The van der Waals surface area contributed by atoms with Gasteiger partial charge in [-0.3, -0.25) is 9.59 Å². The van der Waals surface area contributed by atoms with Gasteiger partial charge in [0, 0.05) is 0 Å². The maximum atomic E-state index is 10.9. The number of rotatable bonds is 4. The molecule has 1 aromatic carbocycles. The van der Waals surface area contributed by atoms with E-state index in [0.29, 0.717) is 5.56 Å². The van der Waals surface area contributed by atoms with Gasteiger partial charge in [0.05, 0.1) is 0 Å². The number of hydrogen-bond acceptors (Lipinski definition) is 3. The third-order valence-corrected chi connectivity index (χ3v) is 2.97. The second kappa shape index (κ2) is 5.30. The lowest BCUT2D eigenvalue weighted by Crippen LogP contribution is -2.25. The van der Waals surface area contributed by atoms with Crippen molar-refractivity contribution in [1.82, 2.24) is 0 Å². The molecule has 0 heterocycles. The molecule has 0 aliphatic heterocycles. The Kier molecular flexibility index (Phi) is 4.19. The summed E-state index contributed by atoms with van der Waals surface area (Å²) in [6.07, 6.45) is -0.236. The van der Waals surface area contributed by atoms with Gasteiger partial charge in [0.25, 0.3) is 0 Å². The van der Waals surface area contributed by atoms with Crippen LogP contribution in [0.5, 0.6) is 5.75 Å². The molecule has 0 aliphatic rings. The zero-order chi connectivity index (χ0) is 14.8. The van der Waals surface area contributed by atoms with Crippen LogP contribution in [0.1, 0.15) is 31.9 Å². The predicted molar refractivity (Wildman–Crippen MR) is 69.3 cm³/mol. The van der Waals surface area contributed by atoms with E-state index >= 15 is 0 Å². The number of carbonyl (C=O) groups is 2. The van der Waals surface area contributed by atoms with Gasteiger partial charge in [0.2, 0.25) is 0 Å². The molecule has 0 fully saturated rings. The third kappa shape index (κ3) is 3.71. The summed E-state index contributed by atoms with van der Waals surface area (Å²) >= 11 is 0. The zero-order valence-electron chi connectivity index (χ0n) is 11.2. The van der Waals surface area contributed by atoms with Crippen LogP contribution in [0.3, 0.4) is 0 Å². The van der Waals surface area contributed by atoms with E-state index in [9.17, 15) is 14.7 Å². The van der Waals surface area contributed by atoms with E-state index in [1.54, 1.807) is 12.1 Å². The van der Waals surface area contributed by atoms with Gasteiger partial charge in [-0.05, 0) is 29.0 Å². The average molecular weight is 266 g/mol. The molecule has 3 N–H and O–H groups in total. The summed E-state index contributed by atoms with van der Waals surface area (Å²) in [5.41, 5.74) is 1.08. The maximum Gasteiger partial charge on any atom is 0.318 e. The van der Waals surface area contributed by atoms with Gasteiger partial charge in [-0.1, -0.05) is 32.9 Å². The van der Waals surface area contributed by atoms with Gasteiger partial charge in [0.15, 0.2) is 5.92 Å². The molecule has 1 rings (SSSR count). The van der Waals surface area contributed by atoms with Crippen LogP contribution in [-0.2, 0) is 21.4 Å². The van der Waals surface area contributed by atoms with E-state index < -0.39 is 17.9 Å². The minimum Gasteiger partial charge on any atom is -0.508 e. The monoisotopic (exact) mass is 266 g/mol. The summed E-state index contributed by atoms with van der Waals surface area (Å²) in [4.78, 5) is 21.8. The fourth-order valence-corrected chi connectivity index (χ4v) is 1.72. The molecule has 0 aromatic heterocycles. The number of benzene rings is 1. The van der Waals surface area contributed by atoms with Crippen LogP contribution in [0, 0.1) is 5.92 Å². The number of carboxylic acid groups (broad SMARTS) is 2. The van der Waals surface area contributed by atoms with Crippen molar-refractivity contribution in [1.29, 1.82) is 0 Å². The molecule has 5 nitrogen and oxygen atoms in total. The first-order valence-corrected chi connectivity index (χ1v) is 5.91. The number of phenols is 1. The summed E-state index contributed by atoms with van der Waals surface area (Å²) in [5.74, 6) is -4.46. The highest BCUT2D eigenvalue weighted by molar-refractivity contribution is 5.93. The predicted octanol–water partition coefficient (Wildman–Crippen LogP) is 2.02. The number of aromatic hydroxyl groups is 1. The molecule has 0 unspecified atom stereocenters. The summed E-state index contributed by atoms with van der Waals surface area (Å²) in [6.45, 7) is 5.94. The van der Waals surface area contributed by atoms with Gasteiger partial charge >= 0.3 is 11.9 Å². The van der Waals surface area contributed by atoms with Crippen molar-refractivity contribution in [2.45, 2.75) is 32.6 Å². The number of phenolic OH excluding ortho intramolecular Hbond substituents is 1. The molecule has 0 bridgehead atoms. The summed E-state index contributed by atoms with van der Waals surface area (Å²) in [6, 6.07) is 4.88. The Labute approximate surface area is 111 Å². The highest BCUT2D eigenvalue weighted by Gasteiger charge is 2.27. The minimum absolute atomic E-state index is 0.0829. The lowest BCUT2D eigenvalue weighted by Gasteiger charge is -2.20. The lowest BCUT2D eigenvalue weighted by atomic mass is 9.85. The van der Waals surface area contributed by atoms with Crippen LogP contribution in [0.15, 0.2) is 18.2 Å². The highest BCUT2D eigenvalue weighted by atomic mass is 16.4. The Bertz CT molecular complexity index is 485. The van der Waals surface area contributed by atoms with Crippen LogP contribution in [0.25, 0.3) is 0 Å². The van der Waals surface area contributed by atoms with Gasteiger partial charge in [-0.25, -0.2) is 0 Å². The van der Waals surface area contributed by atoms with Crippen molar-refractivity contribution in [2.75, 3.05) is 0 Å². The van der Waals surface area contributed by atoms with Gasteiger partial charge in [-0.2, -0.15) is 0 Å². The van der Waals surface area contributed by atoms with Gasteiger partial charge in [0.1, 0.15) is 5.75 Å². The lowest BCUT2D eigenvalue weighted by molar-refractivity contribution is -0.154. The fourth-order valence-electron chi connectivity index (χ4n) is 1.72. The van der Waals surface area contributed by atoms with Crippen LogP contribution in [0.2, 0.25) is 0 Å². The van der Waals surface area contributed by atoms with Crippen LogP contribution in [-0.4, -0.2) is 27.3 Å². The highest BCUT2D eigenvalue weighted by Crippen LogP contribution is 2.28. The topological polar surface area (TPSA) is 94.8 Å². The van der Waals surface area contributed by atoms with E-state index in [-0.39, 0.29) is 17.6 Å². The Hall–Kier alpha value is -2.04. The number of hydrogen-bond donors (Lipinski definition) is 3. The Morgan fingerprint density at radius 1 is 1.16 bits per heavy atom. The third-order valence-electron chi connectivity index (χ3n) is 2.97. The first-order chi connectivity index (χ1) is 8.62. The smallest absolute Gasteiger partial charge is 0.318 e. The van der Waals surface area contributed by atoms with Crippen molar-refractivity contribution < 1.29 is 24.9 Å². The van der Waals surface area contributed by atoms with Crippen LogP contribution < -0.4 is 0 Å². The van der Waals surface area contributed by atoms with E-state index in [4.69, 9.17) is 10.2 Å². The van der Waals surface area contributed by atoms with Crippen LogP contribution in [0.4, 0.5) is 0 Å². The van der Waals surface area contributed by atoms with Crippen molar-refractivity contribution in [3.8, 4) is 5.75 Å². The second-order valence-corrected chi connectivity index (χ2v) is 5.53. The van der Waals surface area contributed by atoms with Crippen molar-refractivity contribution in [2.24, 2.45) is 5.92 Å². The van der Waals surface area contributed by atoms with E-state index in [1.807, 2.05) is 20.8 Å². The molecular formula is C14H18O5. The van der Waals surface area contributed by atoms with Crippen molar-refractivity contribution in [3.05, 3.63) is 29.3 Å². The van der Waals surface area contributed by atoms with E-state index in [1.165, 1.54) is 6.07 Å². The molecule has 0 spiro atoms. The fraction of sp³-hybridized carbons (Fsp3) is 0.429. The molecular weight excluding hydrogens is 248 g/mol. The summed E-state index contributed by atoms with van der Waals surface area (Å²) in [7, 11) is 0. The Balaban J connectivity index is 3.13. The molecule has 0 saturated heterocycles. The summed E-state index contributed by atoms with van der Waals surface area (Å²) < 4.78 is 0. The first kappa shape index (κ1) is 15.0. The molecule has 0 aliphatic carbocycles. The Morgan fingerprint density at radius 3 is 2.11 bits per heavy atom. The van der Waals surface area contributed by atoms with E-state index in [2.05, 4.69) is 0 Å². The zero-order valence-corrected chi connectivity index (χ0v) is 11.2. The van der Waals surface area contributed by atoms with E-state index in [0.717, 1.165) is 5.56 Å². The Morgan fingerprint density at radius 2 is 1.68 bits per heavy atom. The van der Waals surface area contributed by atoms with Crippen molar-refractivity contribution in [3.63, 3.8) is 0 Å². The molecule has 1 aromatic rings. The summed E-state index contributed by atoms with van der Waals surface area (Å²) in [5, 5.41) is 27.5. The van der Waals surface area contributed by atoms with Gasteiger partial charge < -0.3 is 15.3 Å². The first-order valence-electron chi connectivity index (χ1n) is 5.91. The van der Waals surface area contributed by atoms with Crippen molar-refractivity contribution >= 4 is 11.9 Å². The average Bonchev–Trinajstić information content (AvgIpc) is 2.25. The van der Waals surface area contributed by atoms with Crippen LogP contribution >= 0.6 is 0 Å². The van der Waals surface area contributed by atoms with Gasteiger partial charge in [-0.15, -0.1) is 0 Å². The second-order valence-electron chi connectivity index (χ2n) is 5.53.